The minimum absolute atomic E-state index is 0.0426. The Morgan fingerprint density at radius 1 is 1.69 bits per heavy atom. The highest BCUT2D eigenvalue weighted by molar-refractivity contribution is 5.76. The van der Waals surface area contributed by atoms with Crippen LogP contribution >= 0.6 is 0 Å². The molecule has 5 nitrogen and oxygen atoms in total. The van der Waals surface area contributed by atoms with Gasteiger partial charge in [-0.3, -0.25) is 4.79 Å². The van der Waals surface area contributed by atoms with Gasteiger partial charge in [0.25, 0.3) is 6.43 Å². The van der Waals surface area contributed by atoms with E-state index in [9.17, 15) is 13.6 Å². The molecule has 0 amide bonds. The standard InChI is InChI=1S/C9H12F2N2O3/c1-6(15)13-7(9(10)11)5-8(12-13)16-4-2-3-14/h5,9,14H,2-4H2,1H3. The predicted octanol–water partition coefficient (Wildman–Crippen LogP) is 1.24. The number of aromatic nitrogens is 2. The fraction of sp³-hybridized carbons (Fsp3) is 0.556. The van der Waals surface area contributed by atoms with Gasteiger partial charge in [0.15, 0.2) is 0 Å². The van der Waals surface area contributed by atoms with E-state index in [-0.39, 0.29) is 19.1 Å². The molecule has 16 heavy (non-hydrogen) atoms. The molecule has 1 heterocycles. The fourth-order valence-electron chi connectivity index (χ4n) is 1.09. The molecule has 0 saturated carbocycles. The zero-order chi connectivity index (χ0) is 12.1. The number of carbonyl (C=O) groups is 1. The Balaban J connectivity index is 2.80. The van der Waals surface area contributed by atoms with Crippen LogP contribution in [0.5, 0.6) is 5.88 Å². The Morgan fingerprint density at radius 2 is 2.38 bits per heavy atom. The highest BCUT2D eigenvalue weighted by Gasteiger charge is 2.19. The molecule has 0 spiro atoms. The Bertz CT molecular complexity index is 366. The van der Waals surface area contributed by atoms with E-state index < -0.39 is 18.0 Å². The molecule has 0 fully saturated rings. The lowest BCUT2D eigenvalue weighted by molar-refractivity contribution is 0.0873. The minimum atomic E-state index is -2.79. The summed E-state index contributed by atoms with van der Waals surface area (Å²) in [5.41, 5.74) is -0.494. The molecule has 1 aromatic rings. The molecule has 0 aromatic carbocycles. The molecular formula is C9H12F2N2O3. The summed E-state index contributed by atoms with van der Waals surface area (Å²) in [6.45, 7) is 1.24. The SMILES string of the molecule is CC(=O)n1nc(OCCCO)cc1C(F)F. The quantitative estimate of drug-likeness (QED) is 0.778. The summed E-state index contributed by atoms with van der Waals surface area (Å²) in [5, 5.41) is 12.1. The van der Waals surface area contributed by atoms with Crippen LogP contribution < -0.4 is 4.74 Å². The number of hydrogen-bond donors (Lipinski definition) is 1. The van der Waals surface area contributed by atoms with Gasteiger partial charge < -0.3 is 9.84 Å². The molecule has 0 aliphatic heterocycles. The Labute approximate surface area is 90.6 Å². The van der Waals surface area contributed by atoms with Gasteiger partial charge in [0.1, 0.15) is 5.69 Å². The lowest BCUT2D eigenvalue weighted by atomic mass is 10.4. The van der Waals surface area contributed by atoms with Crippen molar-refractivity contribution in [2.45, 2.75) is 19.8 Å². The van der Waals surface area contributed by atoms with E-state index in [1.165, 1.54) is 0 Å². The summed E-state index contributed by atoms with van der Waals surface area (Å²) < 4.78 is 30.6. The van der Waals surface area contributed by atoms with Gasteiger partial charge in [-0.05, 0) is 0 Å². The fourth-order valence-corrected chi connectivity index (χ4v) is 1.09. The number of halogens is 2. The third-order valence-corrected chi connectivity index (χ3v) is 1.79. The number of aliphatic hydroxyl groups is 1. The van der Waals surface area contributed by atoms with Gasteiger partial charge >= 0.3 is 0 Å². The smallest absolute Gasteiger partial charge is 0.280 e. The molecule has 0 aliphatic rings. The van der Waals surface area contributed by atoms with Crippen LogP contribution in [0.2, 0.25) is 0 Å². The average Bonchev–Trinajstić information content (AvgIpc) is 2.62. The van der Waals surface area contributed by atoms with Crippen molar-refractivity contribution >= 4 is 5.91 Å². The molecule has 0 bridgehead atoms. The molecule has 0 saturated heterocycles. The lowest BCUT2D eigenvalue weighted by Gasteiger charge is -2.00. The number of carbonyl (C=O) groups excluding carboxylic acids is 1. The number of aliphatic hydroxyl groups excluding tert-OH is 1. The third kappa shape index (κ3) is 2.99. The maximum absolute atomic E-state index is 12.5. The van der Waals surface area contributed by atoms with Crippen LogP contribution in [0.4, 0.5) is 8.78 Å². The molecule has 7 heteroatoms. The van der Waals surface area contributed by atoms with Gasteiger partial charge in [-0.1, -0.05) is 0 Å². The second-order valence-electron chi connectivity index (χ2n) is 3.06. The van der Waals surface area contributed by atoms with Gasteiger partial charge in [0.05, 0.1) is 6.61 Å². The van der Waals surface area contributed by atoms with Crippen molar-refractivity contribution in [3.05, 3.63) is 11.8 Å². The van der Waals surface area contributed by atoms with E-state index in [1.54, 1.807) is 0 Å². The molecule has 90 valence electrons. The van der Waals surface area contributed by atoms with Gasteiger partial charge in [-0.15, -0.1) is 5.10 Å². The molecule has 0 atom stereocenters. The van der Waals surface area contributed by atoms with Crippen molar-refractivity contribution in [3.63, 3.8) is 0 Å². The van der Waals surface area contributed by atoms with Gasteiger partial charge in [-0.2, -0.15) is 4.68 Å². The average molecular weight is 234 g/mol. The first-order chi connectivity index (χ1) is 7.56. The Morgan fingerprint density at radius 3 is 2.81 bits per heavy atom. The third-order valence-electron chi connectivity index (χ3n) is 1.79. The van der Waals surface area contributed by atoms with Gasteiger partial charge in [-0.25, -0.2) is 8.78 Å². The highest BCUT2D eigenvalue weighted by atomic mass is 19.3. The summed E-state index contributed by atoms with van der Waals surface area (Å²) in [5.74, 6) is -0.647. The normalized spacial score (nSPS) is 10.8. The van der Waals surface area contributed by atoms with Crippen molar-refractivity contribution < 1.29 is 23.4 Å². The summed E-state index contributed by atoms with van der Waals surface area (Å²) in [7, 11) is 0. The molecule has 0 aliphatic carbocycles. The van der Waals surface area contributed by atoms with Crippen LogP contribution in [-0.2, 0) is 0 Å². The molecule has 0 radical (unpaired) electrons. The van der Waals surface area contributed by atoms with Crippen molar-refractivity contribution in [2.24, 2.45) is 0 Å². The zero-order valence-electron chi connectivity index (χ0n) is 8.69. The Kier molecular flexibility index (Phi) is 4.36. The summed E-state index contributed by atoms with van der Waals surface area (Å²) in [6, 6.07) is 1.02. The molecule has 1 rings (SSSR count). The topological polar surface area (TPSA) is 64.4 Å². The van der Waals surface area contributed by atoms with Gasteiger partial charge in [0.2, 0.25) is 11.8 Å². The summed E-state index contributed by atoms with van der Waals surface area (Å²) >= 11 is 0. The number of rotatable bonds is 5. The van der Waals surface area contributed by atoms with E-state index in [2.05, 4.69) is 5.10 Å². The molecular weight excluding hydrogens is 222 g/mol. The van der Waals surface area contributed by atoms with E-state index in [0.717, 1.165) is 13.0 Å². The van der Waals surface area contributed by atoms with Crippen LogP contribution in [0.15, 0.2) is 6.07 Å². The number of alkyl halides is 2. The number of ether oxygens (including phenoxy) is 1. The van der Waals surface area contributed by atoms with Crippen LogP contribution in [0.25, 0.3) is 0 Å². The van der Waals surface area contributed by atoms with E-state index in [4.69, 9.17) is 9.84 Å². The molecule has 1 aromatic heterocycles. The van der Waals surface area contributed by atoms with Crippen LogP contribution in [0, 0.1) is 0 Å². The second-order valence-corrected chi connectivity index (χ2v) is 3.06. The highest BCUT2D eigenvalue weighted by Crippen LogP contribution is 2.23. The van der Waals surface area contributed by atoms with E-state index in [0.29, 0.717) is 11.1 Å². The number of hydrogen-bond acceptors (Lipinski definition) is 4. The number of nitrogens with zero attached hydrogens (tertiary/aromatic N) is 2. The first kappa shape index (κ1) is 12.6. The molecule has 0 unspecified atom stereocenters. The zero-order valence-corrected chi connectivity index (χ0v) is 8.69. The van der Waals surface area contributed by atoms with Crippen LogP contribution in [-0.4, -0.2) is 34.0 Å². The maximum Gasteiger partial charge on any atom is 0.280 e. The Hall–Kier alpha value is -1.50. The van der Waals surface area contributed by atoms with Crippen LogP contribution in [0.1, 0.15) is 30.3 Å². The monoisotopic (exact) mass is 234 g/mol. The molecule has 1 N–H and O–H groups in total. The lowest BCUT2D eigenvalue weighted by Crippen LogP contribution is -2.12. The maximum atomic E-state index is 12.5. The first-order valence-corrected chi connectivity index (χ1v) is 4.69. The predicted molar refractivity (Wildman–Crippen MR) is 50.7 cm³/mol. The van der Waals surface area contributed by atoms with E-state index in [1.807, 2.05) is 0 Å². The van der Waals surface area contributed by atoms with Crippen molar-refractivity contribution in [3.8, 4) is 5.88 Å². The van der Waals surface area contributed by atoms with Crippen molar-refractivity contribution in [2.75, 3.05) is 13.2 Å². The minimum Gasteiger partial charge on any atom is -0.477 e. The van der Waals surface area contributed by atoms with Gasteiger partial charge in [0, 0.05) is 26.0 Å². The largest absolute Gasteiger partial charge is 0.477 e. The second kappa shape index (κ2) is 5.55. The van der Waals surface area contributed by atoms with Crippen molar-refractivity contribution in [1.29, 1.82) is 0 Å². The first-order valence-electron chi connectivity index (χ1n) is 4.69. The van der Waals surface area contributed by atoms with E-state index >= 15 is 0 Å². The summed E-state index contributed by atoms with van der Waals surface area (Å²) in [4.78, 5) is 11.0. The van der Waals surface area contributed by atoms with Crippen LogP contribution in [0.3, 0.4) is 0 Å². The summed E-state index contributed by atoms with van der Waals surface area (Å²) in [6.07, 6.45) is -2.41. The van der Waals surface area contributed by atoms with Crippen molar-refractivity contribution in [1.82, 2.24) is 9.78 Å².